The van der Waals surface area contributed by atoms with E-state index >= 15 is 0 Å². The van der Waals surface area contributed by atoms with Crippen molar-refractivity contribution >= 4 is 46.3 Å². The van der Waals surface area contributed by atoms with Gasteiger partial charge in [0.25, 0.3) is 0 Å². The molecule has 0 aliphatic carbocycles. The second-order valence-corrected chi connectivity index (χ2v) is 9.01. The lowest BCUT2D eigenvalue weighted by Gasteiger charge is -2.32. The minimum atomic E-state index is -0.310. The van der Waals surface area contributed by atoms with Gasteiger partial charge in [-0.1, -0.05) is 18.2 Å². The molecule has 10 nitrogen and oxygen atoms in total. The maximum absolute atomic E-state index is 12.2. The number of anilines is 5. The van der Waals surface area contributed by atoms with Gasteiger partial charge in [0.05, 0.1) is 43.1 Å². The van der Waals surface area contributed by atoms with Gasteiger partial charge in [-0.15, -0.1) is 0 Å². The Kier molecular flexibility index (Phi) is 9.13. The number of hydrogen-bond acceptors (Lipinski definition) is 9. The topological polar surface area (TPSA) is 95.1 Å². The van der Waals surface area contributed by atoms with E-state index in [9.17, 15) is 4.79 Å². The SMILES string of the molecule is C=CC(=O)Nc1cc(Nc2ncc(Cl)c(N3CCO[C@@H](C)C3)n2)c(OC)cc1N(C)CCN(C)C. The summed E-state index contributed by atoms with van der Waals surface area (Å²) in [5, 5.41) is 6.58. The first-order valence-electron chi connectivity index (χ1n) is 11.4. The zero-order valence-electron chi connectivity index (χ0n) is 21.0. The molecule has 190 valence electrons. The third-order valence-corrected chi connectivity index (χ3v) is 5.83. The number of carbonyl (C=O) groups excluding carboxylic acids is 1. The molecule has 2 N–H and O–H groups in total. The van der Waals surface area contributed by atoms with Crippen LogP contribution >= 0.6 is 11.6 Å². The van der Waals surface area contributed by atoms with Crippen LogP contribution in [0.4, 0.5) is 28.8 Å². The van der Waals surface area contributed by atoms with Gasteiger partial charge in [0.1, 0.15) is 10.8 Å². The van der Waals surface area contributed by atoms with E-state index in [0.29, 0.717) is 53.6 Å². The van der Waals surface area contributed by atoms with E-state index in [1.807, 2.05) is 34.1 Å². The molecule has 0 spiro atoms. The summed E-state index contributed by atoms with van der Waals surface area (Å²) in [6, 6.07) is 3.67. The van der Waals surface area contributed by atoms with Crippen LogP contribution in [-0.4, -0.2) is 87.9 Å². The van der Waals surface area contributed by atoms with Crippen LogP contribution in [0.15, 0.2) is 31.0 Å². The standard InChI is InChI=1S/C24H34ClN7O3/c1-7-22(33)27-18-12-19(21(34-6)13-20(18)31(5)9-8-30(3)4)28-24-26-14-17(25)23(29-24)32-10-11-35-16(2)15-32/h7,12-14,16H,1,8-11,15H2,2-6H3,(H,27,33)(H,26,28,29)/t16-/m0/s1. The van der Waals surface area contributed by atoms with E-state index in [-0.39, 0.29) is 12.0 Å². The highest BCUT2D eigenvalue weighted by atomic mass is 35.5. The van der Waals surface area contributed by atoms with Gasteiger partial charge < -0.3 is 34.8 Å². The van der Waals surface area contributed by atoms with Crippen molar-refractivity contribution in [1.82, 2.24) is 14.9 Å². The van der Waals surface area contributed by atoms with Gasteiger partial charge in [-0.2, -0.15) is 4.98 Å². The molecule has 0 bridgehead atoms. The first kappa shape index (κ1) is 26.5. The number of aromatic nitrogens is 2. The molecule has 1 amide bonds. The molecule has 1 aliphatic rings. The molecule has 2 heterocycles. The normalized spacial score (nSPS) is 15.6. The van der Waals surface area contributed by atoms with Crippen LogP contribution in [-0.2, 0) is 9.53 Å². The molecular formula is C24H34ClN7O3. The summed E-state index contributed by atoms with van der Waals surface area (Å²) in [6.45, 7) is 9.15. The van der Waals surface area contributed by atoms with Gasteiger partial charge in [-0.05, 0) is 33.2 Å². The fourth-order valence-electron chi connectivity index (χ4n) is 3.68. The minimum absolute atomic E-state index is 0.0827. The number of morpholine rings is 1. The number of nitrogens with zero attached hydrogens (tertiary/aromatic N) is 5. The molecule has 1 fully saturated rings. The van der Waals surface area contributed by atoms with Crippen LogP contribution in [0.3, 0.4) is 0 Å². The van der Waals surface area contributed by atoms with Gasteiger partial charge in [-0.25, -0.2) is 4.98 Å². The van der Waals surface area contributed by atoms with E-state index < -0.39 is 0 Å². The number of likely N-dealkylation sites (N-methyl/N-ethyl adjacent to an activating group) is 2. The average Bonchev–Trinajstić information content (AvgIpc) is 2.83. The molecule has 1 atom stereocenters. The van der Waals surface area contributed by atoms with Gasteiger partial charge in [0, 0.05) is 39.3 Å². The van der Waals surface area contributed by atoms with Crippen LogP contribution in [0.5, 0.6) is 5.75 Å². The summed E-state index contributed by atoms with van der Waals surface area (Å²) >= 11 is 6.42. The lowest BCUT2D eigenvalue weighted by atomic mass is 10.2. The largest absolute Gasteiger partial charge is 0.494 e. The van der Waals surface area contributed by atoms with Crippen LogP contribution < -0.4 is 25.2 Å². The summed E-state index contributed by atoms with van der Waals surface area (Å²) in [7, 11) is 7.59. The molecule has 0 radical (unpaired) electrons. The highest BCUT2D eigenvalue weighted by Crippen LogP contribution is 2.38. The van der Waals surface area contributed by atoms with Crippen molar-refractivity contribution in [3.05, 3.63) is 36.0 Å². The van der Waals surface area contributed by atoms with Gasteiger partial charge in [0.15, 0.2) is 5.82 Å². The van der Waals surface area contributed by atoms with Gasteiger partial charge in [0.2, 0.25) is 11.9 Å². The Labute approximate surface area is 211 Å². The summed E-state index contributed by atoms with van der Waals surface area (Å²) in [6.07, 6.45) is 2.89. The van der Waals surface area contributed by atoms with Gasteiger partial charge >= 0.3 is 0 Å². The number of ether oxygens (including phenoxy) is 2. The second-order valence-electron chi connectivity index (χ2n) is 8.61. The molecule has 1 saturated heterocycles. The summed E-state index contributed by atoms with van der Waals surface area (Å²) in [5.41, 5.74) is 2.01. The smallest absolute Gasteiger partial charge is 0.247 e. The zero-order chi connectivity index (χ0) is 25.5. The molecule has 35 heavy (non-hydrogen) atoms. The quantitative estimate of drug-likeness (QED) is 0.474. The van der Waals surface area contributed by atoms with Crippen molar-refractivity contribution in [2.75, 3.05) is 81.5 Å². The lowest BCUT2D eigenvalue weighted by molar-refractivity contribution is -0.111. The molecule has 0 unspecified atom stereocenters. The third kappa shape index (κ3) is 6.97. The average molecular weight is 504 g/mol. The zero-order valence-corrected chi connectivity index (χ0v) is 21.7. The van der Waals surface area contributed by atoms with E-state index in [4.69, 9.17) is 21.1 Å². The monoisotopic (exact) mass is 503 g/mol. The fraction of sp³-hybridized carbons (Fsp3) is 0.458. The molecule has 1 aromatic heterocycles. The van der Waals surface area contributed by atoms with Crippen molar-refractivity contribution < 1.29 is 14.3 Å². The highest BCUT2D eigenvalue weighted by molar-refractivity contribution is 6.32. The van der Waals surface area contributed by atoms with Crippen molar-refractivity contribution in [2.24, 2.45) is 0 Å². The van der Waals surface area contributed by atoms with E-state index in [1.54, 1.807) is 19.4 Å². The Hall–Kier alpha value is -3.08. The number of nitrogens with one attached hydrogen (secondary N) is 2. The maximum atomic E-state index is 12.2. The Bertz CT molecular complexity index is 1050. The van der Waals surface area contributed by atoms with Crippen LogP contribution in [0, 0.1) is 0 Å². The first-order valence-corrected chi connectivity index (χ1v) is 11.8. The molecule has 3 rings (SSSR count). The number of hydrogen-bond donors (Lipinski definition) is 2. The number of carbonyl (C=O) groups is 1. The van der Waals surface area contributed by atoms with Crippen LogP contribution in [0.25, 0.3) is 0 Å². The molecular weight excluding hydrogens is 470 g/mol. The predicted molar refractivity (Wildman–Crippen MR) is 142 cm³/mol. The van der Waals surface area contributed by atoms with Crippen molar-refractivity contribution in [3.63, 3.8) is 0 Å². The Morgan fingerprint density at radius 3 is 2.77 bits per heavy atom. The van der Waals surface area contributed by atoms with Crippen LogP contribution in [0.1, 0.15) is 6.92 Å². The fourth-order valence-corrected chi connectivity index (χ4v) is 3.89. The maximum Gasteiger partial charge on any atom is 0.247 e. The van der Waals surface area contributed by atoms with E-state index in [1.165, 1.54) is 6.08 Å². The van der Waals surface area contributed by atoms with Crippen LogP contribution in [0.2, 0.25) is 5.02 Å². The minimum Gasteiger partial charge on any atom is -0.494 e. The number of rotatable bonds is 10. The number of methoxy groups -OCH3 is 1. The first-order chi connectivity index (χ1) is 16.7. The van der Waals surface area contributed by atoms with Gasteiger partial charge in [-0.3, -0.25) is 4.79 Å². The highest BCUT2D eigenvalue weighted by Gasteiger charge is 2.22. The summed E-state index contributed by atoms with van der Waals surface area (Å²) < 4.78 is 11.3. The van der Waals surface area contributed by atoms with Crippen molar-refractivity contribution in [1.29, 1.82) is 0 Å². The molecule has 0 saturated carbocycles. The summed E-state index contributed by atoms with van der Waals surface area (Å²) in [4.78, 5) is 27.4. The predicted octanol–water partition coefficient (Wildman–Crippen LogP) is 3.23. The third-order valence-electron chi connectivity index (χ3n) is 5.57. The summed E-state index contributed by atoms with van der Waals surface area (Å²) in [5.74, 6) is 1.26. The Morgan fingerprint density at radius 1 is 1.34 bits per heavy atom. The Balaban J connectivity index is 1.95. The number of amides is 1. The van der Waals surface area contributed by atoms with Crippen molar-refractivity contribution in [3.8, 4) is 5.75 Å². The second kappa shape index (κ2) is 12.1. The molecule has 2 aromatic rings. The van der Waals surface area contributed by atoms with E-state index in [0.717, 1.165) is 18.8 Å². The molecule has 1 aliphatic heterocycles. The molecule has 1 aromatic carbocycles. The Morgan fingerprint density at radius 2 is 2.11 bits per heavy atom. The lowest BCUT2D eigenvalue weighted by Crippen LogP contribution is -2.41. The molecule has 11 heteroatoms. The number of halogens is 1. The van der Waals surface area contributed by atoms with Crippen molar-refractivity contribution in [2.45, 2.75) is 13.0 Å². The number of benzene rings is 1. The van der Waals surface area contributed by atoms with E-state index in [2.05, 4.69) is 41.9 Å².